The molecule has 88 valence electrons. The minimum atomic E-state index is -0.385. The number of halogens is 3. The molecule has 0 amide bonds. The number of nitrogens with zero attached hydrogens (tertiary/aromatic N) is 1. The molecule has 1 heterocycles. The smallest absolute Gasteiger partial charge is 0.127 e. The van der Waals surface area contributed by atoms with E-state index < -0.39 is 0 Å². The second kappa shape index (κ2) is 5.11. The fourth-order valence-electron chi connectivity index (χ4n) is 2.09. The number of likely N-dealkylation sites (tertiary alicyclic amines) is 1. The fraction of sp³-hybridized carbons (Fsp3) is 0.500. The van der Waals surface area contributed by atoms with Gasteiger partial charge in [-0.25, -0.2) is 8.78 Å². The normalized spacial score (nSPS) is 21.6. The Balaban J connectivity index is 2.01. The summed E-state index contributed by atoms with van der Waals surface area (Å²) >= 11 is 5.77. The molecule has 2 rings (SSSR count). The van der Waals surface area contributed by atoms with E-state index in [1.54, 1.807) is 0 Å². The molecule has 4 heteroatoms. The van der Waals surface area contributed by atoms with Crippen LogP contribution in [0.2, 0.25) is 0 Å². The van der Waals surface area contributed by atoms with Crippen molar-refractivity contribution < 1.29 is 8.78 Å². The number of hydrogen-bond donors (Lipinski definition) is 0. The summed E-state index contributed by atoms with van der Waals surface area (Å²) in [4.78, 5) is 2.12. The highest BCUT2D eigenvalue weighted by molar-refractivity contribution is 6.18. The minimum Gasteiger partial charge on any atom is -0.299 e. The lowest BCUT2D eigenvalue weighted by atomic mass is 10.1. The van der Waals surface area contributed by atoms with Gasteiger partial charge >= 0.3 is 0 Å². The summed E-state index contributed by atoms with van der Waals surface area (Å²) in [6, 6.07) is 3.59. The first-order chi connectivity index (χ1) is 7.69. The highest BCUT2D eigenvalue weighted by atomic mass is 35.5. The second-order valence-electron chi connectivity index (χ2n) is 4.28. The highest BCUT2D eigenvalue weighted by Crippen LogP contribution is 2.21. The van der Waals surface area contributed by atoms with Crippen LogP contribution in [0.1, 0.15) is 12.0 Å². The summed E-state index contributed by atoms with van der Waals surface area (Å²) in [7, 11) is 0. The third-order valence-electron chi connectivity index (χ3n) is 2.99. The Kier molecular flexibility index (Phi) is 3.77. The zero-order valence-corrected chi connectivity index (χ0v) is 9.68. The van der Waals surface area contributed by atoms with Gasteiger partial charge in [0.25, 0.3) is 0 Å². The van der Waals surface area contributed by atoms with E-state index in [4.69, 9.17) is 11.6 Å². The third kappa shape index (κ3) is 2.71. The molecule has 16 heavy (non-hydrogen) atoms. The molecule has 1 fully saturated rings. The Hall–Kier alpha value is -0.670. The summed E-state index contributed by atoms with van der Waals surface area (Å²) in [5.74, 6) is 0.404. The average molecular weight is 246 g/mol. The number of hydrogen-bond acceptors (Lipinski definition) is 1. The maximum absolute atomic E-state index is 13.4. The van der Waals surface area contributed by atoms with Gasteiger partial charge in [0, 0.05) is 24.5 Å². The molecule has 0 aromatic heterocycles. The van der Waals surface area contributed by atoms with E-state index in [1.165, 1.54) is 12.1 Å². The summed E-state index contributed by atoms with van der Waals surface area (Å²) in [5, 5.41) is 0. The van der Waals surface area contributed by atoms with Gasteiger partial charge in [0.1, 0.15) is 11.6 Å². The first kappa shape index (κ1) is 11.8. The minimum absolute atomic E-state index is 0.337. The van der Waals surface area contributed by atoms with E-state index in [-0.39, 0.29) is 11.6 Å². The van der Waals surface area contributed by atoms with Gasteiger partial charge in [-0.3, -0.25) is 4.90 Å². The van der Waals surface area contributed by atoms with Gasteiger partial charge < -0.3 is 0 Å². The van der Waals surface area contributed by atoms with E-state index in [1.807, 2.05) is 0 Å². The monoisotopic (exact) mass is 245 g/mol. The van der Waals surface area contributed by atoms with Crippen LogP contribution in [-0.4, -0.2) is 23.9 Å². The van der Waals surface area contributed by atoms with Gasteiger partial charge in [0.05, 0.1) is 0 Å². The lowest BCUT2D eigenvalue weighted by Gasteiger charge is -2.15. The molecule has 0 radical (unpaired) electrons. The van der Waals surface area contributed by atoms with Gasteiger partial charge in [-0.2, -0.15) is 0 Å². The van der Waals surface area contributed by atoms with Crippen molar-refractivity contribution in [2.24, 2.45) is 5.92 Å². The van der Waals surface area contributed by atoms with E-state index in [0.29, 0.717) is 23.9 Å². The Morgan fingerprint density at radius 2 is 2.19 bits per heavy atom. The van der Waals surface area contributed by atoms with E-state index in [0.717, 1.165) is 25.6 Å². The maximum Gasteiger partial charge on any atom is 0.127 e. The summed E-state index contributed by atoms with van der Waals surface area (Å²) < 4.78 is 26.3. The Morgan fingerprint density at radius 3 is 2.88 bits per heavy atom. The largest absolute Gasteiger partial charge is 0.299 e. The van der Waals surface area contributed by atoms with E-state index >= 15 is 0 Å². The van der Waals surface area contributed by atoms with Crippen molar-refractivity contribution in [3.8, 4) is 0 Å². The molecule has 1 saturated heterocycles. The van der Waals surface area contributed by atoms with Crippen LogP contribution < -0.4 is 0 Å². The topological polar surface area (TPSA) is 3.24 Å². The quantitative estimate of drug-likeness (QED) is 0.740. The molecular formula is C12H14ClF2N. The highest BCUT2D eigenvalue weighted by Gasteiger charge is 2.22. The van der Waals surface area contributed by atoms with Gasteiger partial charge in [0.15, 0.2) is 0 Å². The second-order valence-corrected chi connectivity index (χ2v) is 4.59. The van der Waals surface area contributed by atoms with Crippen LogP contribution in [0.4, 0.5) is 8.78 Å². The van der Waals surface area contributed by atoms with Crippen LogP contribution >= 0.6 is 11.6 Å². The zero-order valence-electron chi connectivity index (χ0n) is 8.93. The van der Waals surface area contributed by atoms with Crippen molar-refractivity contribution in [3.05, 3.63) is 35.4 Å². The summed E-state index contributed by atoms with van der Waals surface area (Å²) in [6.45, 7) is 2.25. The zero-order chi connectivity index (χ0) is 11.5. The van der Waals surface area contributed by atoms with Crippen LogP contribution in [0.25, 0.3) is 0 Å². The first-order valence-corrected chi connectivity index (χ1v) is 5.94. The predicted octanol–water partition coefficient (Wildman–Crippen LogP) is 3.03. The summed E-state index contributed by atoms with van der Waals surface area (Å²) in [5.41, 5.74) is 0.426. The molecule has 0 aliphatic carbocycles. The van der Waals surface area contributed by atoms with Gasteiger partial charge in [-0.1, -0.05) is 0 Å². The van der Waals surface area contributed by atoms with Crippen molar-refractivity contribution in [3.63, 3.8) is 0 Å². The molecule has 0 N–H and O–H groups in total. The molecule has 1 aromatic carbocycles. The van der Waals surface area contributed by atoms with Crippen molar-refractivity contribution in [1.29, 1.82) is 0 Å². The van der Waals surface area contributed by atoms with Crippen molar-refractivity contribution in [2.45, 2.75) is 13.0 Å². The van der Waals surface area contributed by atoms with Gasteiger partial charge in [-0.15, -0.1) is 11.6 Å². The lowest BCUT2D eigenvalue weighted by Crippen LogP contribution is -2.21. The molecule has 0 bridgehead atoms. The third-order valence-corrected chi connectivity index (χ3v) is 3.43. The average Bonchev–Trinajstić information content (AvgIpc) is 2.71. The molecular weight excluding hydrogens is 232 g/mol. The SMILES string of the molecule is Fc1ccc(F)c(CN2CCC(CCl)C2)c1. The molecule has 1 aliphatic rings. The van der Waals surface area contributed by atoms with Crippen LogP contribution in [0, 0.1) is 17.6 Å². The molecule has 0 spiro atoms. The number of alkyl halides is 1. The van der Waals surface area contributed by atoms with E-state index in [9.17, 15) is 8.78 Å². The van der Waals surface area contributed by atoms with Crippen molar-refractivity contribution in [2.75, 3.05) is 19.0 Å². The molecule has 1 aromatic rings. The molecule has 0 saturated carbocycles. The summed E-state index contributed by atoms with van der Waals surface area (Å²) in [6.07, 6.45) is 1.04. The molecule has 1 nitrogen and oxygen atoms in total. The lowest BCUT2D eigenvalue weighted by molar-refractivity contribution is 0.314. The standard InChI is InChI=1S/C12H14ClF2N/c13-6-9-3-4-16(7-9)8-10-5-11(14)1-2-12(10)15/h1-2,5,9H,3-4,6-8H2. The van der Waals surface area contributed by atoms with Crippen LogP contribution in [0.5, 0.6) is 0 Å². The van der Waals surface area contributed by atoms with E-state index in [2.05, 4.69) is 4.90 Å². The van der Waals surface area contributed by atoms with Crippen molar-refractivity contribution >= 4 is 11.6 Å². The maximum atomic E-state index is 13.4. The molecule has 1 aliphatic heterocycles. The Labute approximate surface area is 99.0 Å². The predicted molar refractivity (Wildman–Crippen MR) is 60.5 cm³/mol. The van der Waals surface area contributed by atoms with Gasteiger partial charge in [0.2, 0.25) is 0 Å². The molecule has 1 unspecified atom stereocenters. The molecule has 1 atom stereocenters. The Morgan fingerprint density at radius 1 is 1.38 bits per heavy atom. The Bertz CT molecular complexity index is 370. The van der Waals surface area contributed by atoms with Crippen LogP contribution in [0.3, 0.4) is 0 Å². The first-order valence-electron chi connectivity index (χ1n) is 5.41. The van der Waals surface area contributed by atoms with Crippen LogP contribution in [0.15, 0.2) is 18.2 Å². The van der Waals surface area contributed by atoms with Crippen molar-refractivity contribution in [1.82, 2.24) is 4.90 Å². The fourth-order valence-corrected chi connectivity index (χ4v) is 2.34. The number of rotatable bonds is 3. The van der Waals surface area contributed by atoms with Gasteiger partial charge in [-0.05, 0) is 37.1 Å². The van der Waals surface area contributed by atoms with Crippen LogP contribution in [-0.2, 0) is 6.54 Å². The number of benzene rings is 1.